The number of nitrogen functional groups attached to an aromatic ring is 1. The summed E-state index contributed by atoms with van der Waals surface area (Å²) in [4.78, 5) is 27.4. The molecule has 4 rings (SSSR count). The minimum Gasteiger partial charge on any atom is -0.397 e. The second-order valence-electron chi connectivity index (χ2n) is 8.96. The number of para-hydroxylation sites is 2. The second kappa shape index (κ2) is 10.5. The maximum absolute atomic E-state index is 13.9. The number of rotatable bonds is 6. The van der Waals surface area contributed by atoms with Crippen LogP contribution >= 0.6 is 0 Å². The molecule has 0 bridgehead atoms. The molecule has 1 fully saturated rings. The Kier molecular flexibility index (Phi) is 7.27. The molecular formula is C28H29FN4O2. The van der Waals surface area contributed by atoms with Crippen LogP contribution in [0.4, 0.5) is 21.5 Å². The summed E-state index contributed by atoms with van der Waals surface area (Å²) in [6, 6.07) is 19.6. The van der Waals surface area contributed by atoms with Gasteiger partial charge in [0, 0.05) is 30.8 Å². The van der Waals surface area contributed by atoms with Crippen LogP contribution in [0, 0.1) is 18.7 Å². The number of carbonyl (C=O) groups is 2. The molecule has 2 atom stereocenters. The van der Waals surface area contributed by atoms with E-state index in [0.717, 1.165) is 17.7 Å². The Balaban J connectivity index is 1.41. The van der Waals surface area contributed by atoms with Crippen LogP contribution in [0.3, 0.4) is 0 Å². The van der Waals surface area contributed by atoms with Gasteiger partial charge in [0.05, 0.1) is 17.3 Å². The van der Waals surface area contributed by atoms with Gasteiger partial charge >= 0.3 is 0 Å². The summed E-state index contributed by atoms with van der Waals surface area (Å²) in [5, 5.41) is 5.63. The number of amides is 2. The van der Waals surface area contributed by atoms with E-state index in [2.05, 4.69) is 15.5 Å². The van der Waals surface area contributed by atoms with Crippen molar-refractivity contribution in [3.05, 3.63) is 95.3 Å². The van der Waals surface area contributed by atoms with Crippen molar-refractivity contribution >= 4 is 35.0 Å². The van der Waals surface area contributed by atoms with Crippen molar-refractivity contribution < 1.29 is 14.0 Å². The van der Waals surface area contributed by atoms with Crippen LogP contribution in [0.1, 0.15) is 22.6 Å². The third-order valence-electron chi connectivity index (χ3n) is 6.29. The highest BCUT2D eigenvalue weighted by molar-refractivity contribution is 6.03. The van der Waals surface area contributed by atoms with Crippen LogP contribution in [0.2, 0.25) is 0 Å². The standard InChI is InChI=1S/C28H29FN4O2/c1-18-7-13-21(15-24(18)29)31-28(35)23-17-33(2)16-22(23)20-11-8-19(9-12-20)10-14-27(34)32-26-6-4-3-5-25(26)30/h3-15,22-23H,16-17,30H2,1-2H3,(H,31,35)(H,32,34)/b14-10+. The van der Waals surface area contributed by atoms with Crippen molar-refractivity contribution in [3.63, 3.8) is 0 Å². The first-order valence-electron chi connectivity index (χ1n) is 11.5. The van der Waals surface area contributed by atoms with E-state index < -0.39 is 0 Å². The second-order valence-corrected chi connectivity index (χ2v) is 8.96. The number of likely N-dealkylation sites (N-methyl/N-ethyl adjacent to an activating group) is 1. The molecule has 0 saturated carbocycles. The lowest BCUT2D eigenvalue weighted by atomic mass is 9.88. The number of nitrogens with zero attached hydrogens (tertiary/aromatic N) is 1. The van der Waals surface area contributed by atoms with E-state index in [1.807, 2.05) is 37.4 Å². The Bertz CT molecular complexity index is 1260. The summed E-state index contributed by atoms with van der Waals surface area (Å²) in [5.41, 5.74) is 9.85. The molecule has 0 radical (unpaired) electrons. The van der Waals surface area contributed by atoms with Crippen molar-refractivity contribution in [2.24, 2.45) is 5.92 Å². The maximum Gasteiger partial charge on any atom is 0.248 e. The van der Waals surface area contributed by atoms with Crippen LogP contribution in [-0.2, 0) is 9.59 Å². The van der Waals surface area contributed by atoms with E-state index >= 15 is 0 Å². The third-order valence-corrected chi connectivity index (χ3v) is 6.29. The van der Waals surface area contributed by atoms with Gasteiger partial charge < -0.3 is 21.3 Å². The summed E-state index contributed by atoms with van der Waals surface area (Å²) in [6.07, 6.45) is 3.19. The predicted molar refractivity (Wildman–Crippen MR) is 138 cm³/mol. The van der Waals surface area contributed by atoms with E-state index in [9.17, 15) is 14.0 Å². The predicted octanol–water partition coefficient (Wildman–Crippen LogP) is 4.65. The van der Waals surface area contributed by atoms with Crippen LogP contribution < -0.4 is 16.4 Å². The number of halogens is 1. The van der Waals surface area contributed by atoms with Gasteiger partial charge in [-0.3, -0.25) is 9.59 Å². The summed E-state index contributed by atoms with van der Waals surface area (Å²) in [5.74, 6) is -0.977. The number of nitrogens with one attached hydrogen (secondary N) is 2. The van der Waals surface area contributed by atoms with E-state index in [1.165, 1.54) is 12.1 Å². The molecule has 35 heavy (non-hydrogen) atoms. The number of nitrogens with two attached hydrogens (primary N) is 1. The molecule has 6 nitrogen and oxygen atoms in total. The SMILES string of the molecule is Cc1ccc(NC(=O)C2CN(C)CC2c2ccc(/C=C/C(=O)Nc3ccccc3N)cc2)cc1F. The van der Waals surface area contributed by atoms with Gasteiger partial charge in [-0.15, -0.1) is 0 Å². The molecule has 7 heteroatoms. The first kappa shape index (κ1) is 24.2. The van der Waals surface area contributed by atoms with Gasteiger partial charge in [0.15, 0.2) is 0 Å². The van der Waals surface area contributed by atoms with Crippen LogP contribution in [-0.4, -0.2) is 36.9 Å². The molecule has 2 unspecified atom stereocenters. The largest absolute Gasteiger partial charge is 0.397 e. The van der Waals surface area contributed by atoms with Gasteiger partial charge in [0.1, 0.15) is 5.82 Å². The van der Waals surface area contributed by atoms with Crippen LogP contribution in [0.5, 0.6) is 0 Å². The smallest absolute Gasteiger partial charge is 0.248 e. The zero-order valence-electron chi connectivity index (χ0n) is 19.8. The summed E-state index contributed by atoms with van der Waals surface area (Å²) < 4.78 is 13.9. The highest BCUT2D eigenvalue weighted by Gasteiger charge is 2.37. The zero-order valence-corrected chi connectivity index (χ0v) is 19.8. The fraction of sp³-hybridized carbons (Fsp3) is 0.214. The van der Waals surface area contributed by atoms with Crippen LogP contribution in [0.15, 0.2) is 72.8 Å². The van der Waals surface area contributed by atoms with E-state index in [0.29, 0.717) is 29.2 Å². The number of likely N-dealkylation sites (tertiary alicyclic amines) is 1. The zero-order chi connectivity index (χ0) is 24.9. The lowest BCUT2D eigenvalue weighted by Gasteiger charge is -2.19. The van der Waals surface area contributed by atoms with Crippen molar-refractivity contribution in [2.45, 2.75) is 12.8 Å². The fourth-order valence-electron chi connectivity index (χ4n) is 4.32. The van der Waals surface area contributed by atoms with Gasteiger partial charge in [-0.25, -0.2) is 4.39 Å². The Morgan fingerprint density at radius 2 is 1.77 bits per heavy atom. The van der Waals surface area contributed by atoms with Gasteiger partial charge in [-0.1, -0.05) is 42.5 Å². The van der Waals surface area contributed by atoms with Gasteiger partial charge in [0.25, 0.3) is 0 Å². The third kappa shape index (κ3) is 5.94. The number of hydrogen-bond acceptors (Lipinski definition) is 4. The number of anilines is 3. The van der Waals surface area contributed by atoms with Gasteiger partial charge in [0.2, 0.25) is 11.8 Å². The van der Waals surface area contributed by atoms with Gasteiger partial charge in [-0.05, 0) is 61.0 Å². The Morgan fingerprint density at radius 3 is 2.49 bits per heavy atom. The molecule has 1 aliphatic heterocycles. The first-order chi connectivity index (χ1) is 16.8. The lowest BCUT2D eigenvalue weighted by Crippen LogP contribution is -2.28. The van der Waals surface area contributed by atoms with Crippen molar-refractivity contribution in [1.82, 2.24) is 4.90 Å². The topological polar surface area (TPSA) is 87.5 Å². The highest BCUT2D eigenvalue weighted by atomic mass is 19.1. The molecule has 0 aromatic heterocycles. The van der Waals surface area contributed by atoms with E-state index in [-0.39, 0.29) is 29.5 Å². The average Bonchev–Trinajstić information content (AvgIpc) is 3.24. The Morgan fingerprint density at radius 1 is 1.03 bits per heavy atom. The molecule has 3 aromatic carbocycles. The normalized spacial score (nSPS) is 18.0. The summed E-state index contributed by atoms with van der Waals surface area (Å²) in [6.45, 7) is 3.05. The number of carbonyl (C=O) groups excluding carboxylic acids is 2. The molecular weight excluding hydrogens is 443 g/mol. The average molecular weight is 473 g/mol. The highest BCUT2D eigenvalue weighted by Crippen LogP contribution is 2.33. The first-order valence-corrected chi connectivity index (χ1v) is 11.5. The Hall–Kier alpha value is -3.97. The minimum atomic E-state index is -0.340. The number of benzene rings is 3. The molecule has 0 spiro atoms. The molecule has 1 heterocycles. The summed E-state index contributed by atoms with van der Waals surface area (Å²) >= 11 is 0. The van der Waals surface area contributed by atoms with Crippen molar-refractivity contribution in [3.8, 4) is 0 Å². The maximum atomic E-state index is 13.9. The molecule has 1 saturated heterocycles. The quantitative estimate of drug-likeness (QED) is 0.360. The fourth-order valence-corrected chi connectivity index (χ4v) is 4.32. The molecule has 4 N–H and O–H groups in total. The lowest BCUT2D eigenvalue weighted by molar-refractivity contribution is -0.119. The molecule has 3 aromatic rings. The van der Waals surface area contributed by atoms with Crippen LogP contribution in [0.25, 0.3) is 6.08 Å². The van der Waals surface area contributed by atoms with Gasteiger partial charge in [-0.2, -0.15) is 0 Å². The number of aryl methyl sites for hydroxylation is 1. The minimum absolute atomic E-state index is 0.0117. The van der Waals surface area contributed by atoms with Crippen molar-refractivity contribution in [1.29, 1.82) is 0 Å². The number of hydrogen-bond donors (Lipinski definition) is 3. The molecule has 2 amide bonds. The molecule has 180 valence electrons. The van der Waals surface area contributed by atoms with E-state index in [1.54, 1.807) is 43.3 Å². The molecule has 1 aliphatic rings. The Labute approximate surface area is 204 Å². The monoisotopic (exact) mass is 472 g/mol. The molecule has 0 aliphatic carbocycles. The van der Waals surface area contributed by atoms with Crippen molar-refractivity contribution in [2.75, 3.05) is 36.5 Å². The van der Waals surface area contributed by atoms with E-state index in [4.69, 9.17) is 5.73 Å². The summed E-state index contributed by atoms with van der Waals surface area (Å²) in [7, 11) is 1.99.